The van der Waals surface area contributed by atoms with Crippen molar-refractivity contribution >= 4 is 34.3 Å². The Labute approximate surface area is 74.5 Å². The van der Waals surface area contributed by atoms with Crippen molar-refractivity contribution in [2.75, 3.05) is 5.33 Å². The largest absolute Gasteiger partial charge is 0.480 e. The van der Waals surface area contributed by atoms with Crippen LogP contribution in [0.15, 0.2) is 0 Å². The second-order valence-electron chi connectivity index (χ2n) is 1.78. The fourth-order valence-corrected chi connectivity index (χ4v) is 0.744. The summed E-state index contributed by atoms with van der Waals surface area (Å²) in [5, 5.41) is 9.08. The first-order valence-corrected chi connectivity index (χ1v) is 3.85. The molecule has 0 aliphatic rings. The Morgan fingerprint density at radius 1 is 1.70 bits per heavy atom. The number of hydrogen-bond donors (Lipinski definition) is 2. The van der Waals surface area contributed by atoms with Crippen LogP contribution in [0.2, 0.25) is 0 Å². The normalized spacial score (nSPS) is 11.8. The molecule has 0 radical (unpaired) electrons. The highest BCUT2D eigenvalue weighted by Gasteiger charge is 2.08. The third kappa shape index (κ3) is 6.32. The molecule has 0 amide bonds. The topological polar surface area (TPSA) is 63.3 Å². The zero-order valence-corrected chi connectivity index (χ0v) is 7.82. The van der Waals surface area contributed by atoms with E-state index in [1.165, 1.54) is 0 Å². The number of halogens is 2. The summed E-state index contributed by atoms with van der Waals surface area (Å²) in [5.41, 5.74) is 5.18. The number of alkyl halides is 1. The molecule has 0 bridgehead atoms. The van der Waals surface area contributed by atoms with E-state index < -0.39 is 12.0 Å². The van der Waals surface area contributed by atoms with Gasteiger partial charge in [-0.2, -0.15) is 0 Å². The van der Waals surface area contributed by atoms with Gasteiger partial charge >= 0.3 is 5.97 Å². The van der Waals surface area contributed by atoms with Crippen LogP contribution in [0.1, 0.15) is 12.8 Å². The number of hydrogen-bond acceptors (Lipinski definition) is 2. The summed E-state index contributed by atoms with van der Waals surface area (Å²) < 4.78 is 0. The average Bonchev–Trinajstić information content (AvgIpc) is 1.82. The van der Waals surface area contributed by atoms with Gasteiger partial charge in [0.1, 0.15) is 6.04 Å². The molecule has 0 fully saturated rings. The van der Waals surface area contributed by atoms with E-state index in [4.69, 9.17) is 10.8 Å². The lowest BCUT2D eigenvalue weighted by molar-refractivity contribution is -0.138. The minimum absolute atomic E-state index is 0. The predicted molar refractivity (Wildman–Crippen MR) is 45.9 cm³/mol. The lowest BCUT2D eigenvalue weighted by Crippen LogP contribution is -2.29. The molecule has 0 heterocycles. The van der Waals surface area contributed by atoms with Crippen LogP contribution >= 0.6 is 28.3 Å². The number of carbonyl (C=O) groups is 1. The summed E-state index contributed by atoms with van der Waals surface area (Å²) in [6.07, 6.45) is 1.36. The van der Waals surface area contributed by atoms with E-state index in [9.17, 15) is 4.79 Å². The van der Waals surface area contributed by atoms with E-state index in [1.54, 1.807) is 0 Å². The molecule has 0 spiro atoms. The van der Waals surface area contributed by atoms with Gasteiger partial charge in [-0.3, -0.25) is 4.79 Å². The molecule has 62 valence electrons. The quantitative estimate of drug-likeness (QED) is 0.711. The van der Waals surface area contributed by atoms with Gasteiger partial charge in [0.05, 0.1) is 0 Å². The fourth-order valence-electron chi connectivity index (χ4n) is 0.421. The summed E-state index contributed by atoms with van der Waals surface area (Å²) in [6, 6.07) is -0.692. The molecule has 0 aromatic rings. The standard InChI is InChI=1S/C5H10BrNO2.ClH/c6-3-1-2-4(7)5(8)9;/h4H,1-3,7H2,(H,8,9);1H. The molecule has 0 saturated carbocycles. The van der Waals surface area contributed by atoms with Crippen molar-refractivity contribution in [3.63, 3.8) is 0 Å². The van der Waals surface area contributed by atoms with Gasteiger partial charge in [0.2, 0.25) is 0 Å². The van der Waals surface area contributed by atoms with Crippen LogP contribution in [0.3, 0.4) is 0 Å². The maximum Gasteiger partial charge on any atom is 0.320 e. The first-order valence-electron chi connectivity index (χ1n) is 2.73. The predicted octanol–water partition coefficient (Wildman–Crippen LogP) is 0.995. The van der Waals surface area contributed by atoms with Gasteiger partial charge in [0.25, 0.3) is 0 Å². The van der Waals surface area contributed by atoms with Crippen molar-refractivity contribution < 1.29 is 9.90 Å². The van der Waals surface area contributed by atoms with E-state index in [1.807, 2.05) is 0 Å². The first-order chi connectivity index (χ1) is 4.18. The monoisotopic (exact) mass is 231 g/mol. The van der Waals surface area contributed by atoms with Gasteiger partial charge in [-0.25, -0.2) is 0 Å². The van der Waals surface area contributed by atoms with Crippen molar-refractivity contribution in [2.45, 2.75) is 18.9 Å². The summed E-state index contributed by atoms with van der Waals surface area (Å²) in [7, 11) is 0. The van der Waals surface area contributed by atoms with Crippen LogP contribution < -0.4 is 5.73 Å². The number of nitrogens with two attached hydrogens (primary N) is 1. The van der Waals surface area contributed by atoms with Crippen LogP contribution in [0.5, 0.6) is 0 Å². The molecule has 3 N–H and O–H groups in total. The van der Waals surface area contributed by atoms with E-state index in [-0.39, 0.29) is 12.4 Å². The smallest absolute Gasteiger partial charge is 0.320 e. The van der Waals surface area contributed by atoms with Gasteiger partial charge in [-0.05, 0) is 12.8 Å². The van der Waals surface area contributed by atoms with E-state index >= 15 is 0 Å². The molecule has 3 nitrogen and oxygen atoms in total. The Kier molecular flexibility index (Phi) is 9.38. The molecule has 1 unspecified atom stereocenters. The van der Waals surface area contributed by atoms with Crippen LogP contribution in [0, 0.1) is 0 Å². The highest BCUT2D eigenvalue weighted by atomic mass is 79.9. The zero-order valence-electron chi connectivity index (χ0n) is 5.42. The number of carboxylic acid groups (broad SMARTS) is 1. The highest BCUT2D eigenvalue weighted by Crippen LogP contribution is 1.96. The molecule has 0 aromatic carbocycles. The highest BCUT2D eigenvalue weighted by molar-refractivity contribution is 9.09. The molecule has 0 rings (SSSR count). The second kappa shape index (κ2) is 7.31. The molecule has 5 heteroatoms. The van der Waals surface area contributed by atoms with Gasteiger partial charge in [0, 0.05) is 5.33 Å². The number of aliphatic carboxylic acids is 1. The average molecular weight is 233 g/mol. The lowest BCUT2D eigenvalue weighted by atomic mass is 10.2. The third-order valence-electron chi connectivity index (χ3n) is 0.966. The van der Waals surface area contributed by atoms with Gasteiger partial charge in [0.15, 0.2) is 0 Å². The van der Waals surface area contributed by atoms with E-state index in [2.05, 4.69) is 15.9 Å². The van der Waals surface area contributed by atoms with Crippen LogP contribution in [0.25, 0.3) is 0 Å². The summed E-state index contributed by atoms with van der Waals surface area (Å²) in [4.78, 5) is 10.1. The van der Waals surface area contributed by atoms with Crippen molar-refractivity contribution in [2.24, 2.45) is 5.73 Å². The molecular weight excluding hydrogens is 221 g/mol. The molecule has 1 atom stereocenters. The third-order valence-corrected chi connectivity index (χ3v) is 1.53. The fraction of sp³-hybridized carbons (Fsp3) is 0.800. The lowest BCUT2D eigenvalue weighted by Gasteiger charge is -2.01. The Hall–Kier alpha value is 0.200. The zero-order chi connectivity index (χ0) is 7.28. The molecular formula is C5H11BrClNO2. The van der Waals surface area contributed by atoms with E-state index in [0.717, 1.165) is 11.8 Å². The minimum atomic E-state index is -0.920. The molecule has 0 aromatic heterocycles. The SMILES string of the molecule is Cl.NC(CCCBr)C(=O)O. The maximum absolute atomic E-state index is 10.1. The minimum Gasteiger partial charge on any atom is -0.480 e. The second-order valence-corrected chi connectivity index (χ2v) is 2.57. The first kappa shape index (κ1) is 12.8. The Bertz CT molecular complexity index is 102. The Morgan fingerprint density at radius 3 is 2.50 bits per heavy atom. The number of rotatable bonds is 4. The maximum atomic E-state index is 10.1. The van der Waals surface area contributed by atoms with Gasteiger partial charge in [-0.15, -0.1) is 12.4 Å². The van der Waals surface area contributed by atoms with Gasteiger partial charge < -0.3 is 10.8 Å². The molecule has 0 aliphatic heterocycles. The van der Waals surface area contributed by atoms with Crippen molar-refractivity contribution in [1.82, 2.24) is 0 Å². The van der Waals surface area contributed by atoms with Crippen molar-refractivity contribution in [3.8, 4) is 0 Å². The Morgan fingerprint density at radius 2 is 2.20 bits per heavy atom. The molecule has 10 heavy (non-hydrogen) atoms. The summed E-state index contributed by atoms with van der Waals surface area (Å²) in [5.74, 6) is -0.920. The van der Waals surface area contributed by atoms with Crippen LogP contribution in [0.4, 0.5) is 0 Å². The van der Waals surface area contributed by atoms with Crippen molar-refractivity contribution in [3.05, 3.63) is 0 Å². The summed E-state index contributed by atoms with van der Waals surface area (Å²) >= 11 is 3.18. The molecule has 0 aliphatic carbocycles. The number of carboxylic acids is 1. The summed E-state index contributed by atoms with van der Waals surface area (Å²) in [6.45, 7) is 0. The van der Waals surface area contributed by atoms with Crippen molar-refractivity contribution in [1.29, 1.82) is 0 Å². The Balaban J connectivity index is 0. The van der Waals surface area contributed by atoms with Crippen LogP contribution in [-0.2, 0) is 4.79 Å². The van der Waals surface area contributed by atoms with Crippen LogP contribution in [-0.4, -0.2) is 22.4 Å². The molecule has 0 saturated heterocycles. The van der Waals surface area contributed by atoms with Gasteiger partial charge in [-0.1, -0.05) is 15.9 Å². The van der Waals surface area contributed by atoms with E-state index in [0.29, 0.717) is 6.42 Å².